The molecule has 4 aromatic rings. The number of rotatable bonds is 7. The van der Waals surface area contributed by atoms with Crippen molar-refractivity contribution in [3.8, 4) is 11.1 Å². The lowest BCUT2D eigenvalue weighted by molar-refractivity contribution is 0.174. The highest BCUT2D eigenvalue weighted by Gasteiger charge is 2.23. The molecular formula is C26H23N3O6. The Bertz CT molecular complexity index is 1530. The second kappa shape index (κ2) is 9.71. The van der Waals surface area contributed by atoms with E-state index in [9.17, 15) is 19.4 Å². The molecule has 3 heterocycles. The van der Waals surface area contributed by atoms with E-state index in [-0.39, 0.29) is 16.8 Å². The zero-order valence-corrected chi connectivity index (χ0v) is 18.9. The SMILES string of the molecule is O=NCCC1CCN(Cc2c(N=O)ccc3c(-c4cc5ccccc5oc4=O)cc(=O)oc23)CC1. The van der Waals surface area contributed by atoms with Crippen LogP contribution < -0.4 is 11.3 Å². The van der Waals surface area contributed by atoms with E-state index in [4.69, 9.17) is 8.83 Å². The topological polar surface area (TPSA) is 123 Å². The first kappa shape index (κ1) is 22.8. The van der Waals surface area contributed by atoms with Crippen molar-refractivity contribution in [3.05, 3.63) is 84.7 Å². The molecule has 9 nitrogen and oxygen atoms in total. The molecule has 0 saturated carbocycles. The Morgan fingerprint density at radius 2 is 1.74 bits per heavy atom. The summed E-state index contributed by atoms with van der Waals surface area (Å²) < 4.78 is 11.1. The fourth-order valence-corrected chi connectivity index (χ4v) is 4.87. The van der Waals surface area contributed by atoms with Crippen molar-refractivity contribution >= 4 is 27.6 Å². The van der Waals surface area contributed by atoms with Crippen LogP contribution >= 0.6 is 0 Å². The predicted molar refractivity (Wildman–Crippen MR) is 133 cm³/mol. The maximum absolute atomic E-state index is 12.8. The Balaban J connectivity index is 1.57. The minimum absolute atomic E-state index is 0.190. The smallest absolute Gasteiger partial charge is 0.344 e. The summed E-state index contributed by atoms with van der Waals surface area (Å²) in [4.78, 5) is 49.6. The molecule has 1 saturated heterocycles. The monoisotopic (exact) mass is 473 g/mol. The number of nitrogens with zero attached hydrogens (tertiary/aromatic N) is 3. The number of hydrogen-bond acceptors (Lipinski definition) is 9. The molecular weight excluding hydrogens is 450 g/mol. The summed E-state index contributed by atoms with van der Waals surface area (Å²) in [6.07, 6.45) is 2.61. The van der Waals surface area contributed by atoms with Gasteiger partial charge in [-0.05, 0) is 67.7 Å². The van der Waals surface area contributed by atoms with Crippen molar-refractivity contribution < 1.29 is 8.83 Å². The molecule has 1 aliphatic rings. The normalized spacial score (nSPS) is 15.0. The largest absolute Gasteiger partial charge is 0.422 e. The molecule has 2 aromatic heterocycles. The lowest BCUT2D eigenvalue weighted by atomic mass is 9.93. The standard InChI is InChI=1S/C26H23N3O6/c30-24-14-19(20-13-17-3-1-2-4-23(17)34-26(20)31)18-5-6-22(28-33)21(25(18)35-24)15-29-11-8-16(9-12-29)7-10-27-32/h1-6,13-14,16H,7-12,15H2. The number of piperidine rings is 1. The lowest BCUT2D eigenvalue weighted by Crippen LogP contribution is -2.33. The minimum atomic E-state index is -0.635. The van der Waals surface area contributed by atoms with Gasteiger partial charge < -0.3 is 8.83 Å². The van der Waals surface area contributed by atoms with Gasteiger partial charge in [-0.25, -0.2) is 9.59 Å². The zero-order valence-electron chi connectivity index (χ0n) is 18.9. The quantitative estimate of drug-likeness (QED) is 0.262. The van der Waals surface area contributed by atoms with Crippen LogP contribution in [0.3, 0.4) is 0 Å². The van der Waals surface area contributed by atoms with E-state index in [1.807, 2.05) is 12.1 Å². The second-order valence-corrected chi connectivity index (χ2v) is 8.86. The molecule has 0 amide bonds. The molecule has 0 spiro atoms. The summed E-state index contributed by atoms with van der Waals surface area (Å²) >= 11 is 0. The van der Waals surface area contributed by atoms with E-state index in [1.165, 1.54) is 6.07 Å². The molecule has 5 rings (SSSR count). The Hall–Kier alpha value is -3.98. The lowest BCUT2D eigenvalue weighted by Gasteiger charge is -2.31. The maximum atomic E-state index is 12.8. The first-order valence-corrected chi connectivity index (χ1v) is 11.5. The predicted octanol–water partition coefficient (Wildman–Crippen LogP) is 5.33. The number of para-hydroxylation sites is 1. The van der Waals surface area contributed by atoms with E-state index >= 15 is 0 Å². The molecule has 0 aliphatic carbocycles. The van der Waals surface area contributed by atoms with Crippen molar-refractivity contribution in [1.82, 2.24) is 4.90 Å². The summed E-state index contributed by atoms with van der Waals surface area (Å²) in [5.41, 5.74) is 0.813. The highest BCUT2D eigenvalue weighted by atomic mass is 16.4. The molecule has 1 aliphatic heterocycles. The number of hydrogen-bond donors (Lipinski definition) is 0. The Kier molecular flexibility index (Phi) is 6.33. The molecule has 0 N–H and O–H groups in total. The fourth-order valence-electron chi connectivity index (χ4n) is 4.87. The third kappa shape index (κ3) is 4.54. The second-order valence-electron chi connectivity index (χ2n) is 8.86. The fraction of sp³-hybridized carbons (Fsp3) is 0.308. The van der Waals surface area contributed by atoms with Crippen LogP contribution in [0, 0.1) is 15.7 Å². The average Bonchev–Trinajstić information content (AvgIpc) is 2.87. The summed E-state index contributed by atoms with van der Waals surface area (Å²) in [5.74, 6) is 0.441. The molecule has 0 bridgehead atoms. The summed E-state index contributed by atoms with van der Waals surface area (Å²) in [5, 5.41) is 7.38. The van der Waals surface area contributed by atoms with E-state index in [0.717, 1.165) is 37.7 Å². The number of nitroso groups, excluding NO2 is 2. The molecule has 178 valence electrons. The zero-order chi connectivity index (χ0) is 24.4. The van der Waals surface area contributed by atoms with Crippen LogP contribution in [-0.4, -0.2) is 24.5 Å². The van der Waals surface area contributed by atoms with Gasteiger partial charge in [0.1, 0.15) is 16.9 Å². The van der Waals surface area contributed by atoms with Gasteiger partial charge in [-0.15, -0.1) is 4.91 Å². The third-order valence-corrected chi connectivity index (χ3v) is 6.74. The van der Waals surface area contributed by atoms with Gasteiger partial charge in [0.15, 0.2) is 0 Å². The first-order valence-electron chi connectivity index (χ1n) is 11.5. The average molecular weight is 473 g/mol. The maximum Gasteiger partial charge on any atom is 0.344 e. The van der Waals surface area contributed by atoms with Gasteiger partial charge in [-0.3, -0.25) is 4.90 Å². The van der Waals surface area contributed by atoms with Crippen LogP contribution in [0.15, 0.2) is 77.3 Å². The van der Waals surface area contributed by atoms with Crippen LogP contribution in [-0.2, 0) is 6.54 Å². The van der Waals surface area contributed by atoms with E-state index < -0.39 is 11.3 Å². The number of likely N-dealkylation sites (tertiary alicyclic amines) is 1. The molecule has 0 radical (unpaired) electrons. The molecule has 0 atom stereocenters. The van der Waals surface area contributed by atoms with Crippen molar-refractivity contribution in [2.75, 3.05) is 19.6 Å². The van der Waals surface area contributed by atoms with Crippen molar-refractivity contribution in [2.45, 2.75) is 25.8 Å². The van der Waals surface area contributed by atoms with Gasteiger partial charge in [0.25, 0.3) is 0 Å². The first-order chi connectivity index (χ1) is 17.1. The highest BCUT2D eigenvalue weighted by Crippen LogP contribution is 2.35. The Labute approximate surface area is 199 Å². The van der Waals surface area contributed by atoms with Gasteiger partial charge in [-0.1, -0.05) is 23.4 Å². The van der Waals surface area contributed by atoms with Crippen LogP contribution in [0.5, 0.6) is 0 Å². The Morgan fingerprint density at radius 1 is 0.943 bits per heavy atom. The van der Waals surface area contributed by atoms with Gasteiger partial charge in [-0.2, -0.15) is 4.91 Å². The van der Waals surface area contributed by atoms with Crippen LogP contribution in [0.1, 0.15) is 24.8 Å². The molecule has 1 fully saturated rings. The van der Waals surface area contributed by atoms with E-state index in [1.54, 1.807) is 30.3 Å². The molecule has 9 heteroatoms. The van der Waals surface area contributed by atoms with Crippen LogP contribution in [0.25, 0.3) is 33.1 Å². The van der Waals surface area contributed by atoms with E-state index in [2.05, 4.69) is 15.3 Å². The molecule has 35 heavy (non-hydrogen) atoms. The van der Waals surface area contributed by atoms with Gasteiger partial charge in [0.2, 0.25) is 0 Å². The van der Waals surface area contributed by atoms with Gasteiger partial charge >= 0.3 is 11.3 Å². The minimum Gasteiger partial charge on any atom is -0.422 e. The molecule has 2 aromatic carbocycles. The molecule has 0 unspecified atom stereocenters. The summed E-state index contributed by atoms with van der Waals surface area (Å²) in [7, 11) is 0. The third-order valence-electron chi connectivity index (χ3n) is 6.74. The van der Waals surface area contributed by atoms with E-state index in [0.29, 0.717) is 41.1 Å². The summed E-state index contributed by atoms with van der Waals surface area (Å²) in [6, 6.07) is 13.3. The number of fused-ring (bicyclic) bond motifs is 2. The van der Waals surface area contributed by atoms with Crippen molar-refractivity contribution in [3.63, 3.8) is 0 Å². The highest BCUT2D eigenvalue weighted by molar-refractivity contribution is 5.97. The van der Waals surface area contributed by atoms with Crippen molar-refractivity contribution in [2.24, 2.45) is 16.3 Å². The van der Waals surface area contributed by atoms with Gasteiger partial charge in [0.05, 0.1) is 12.1 Å². The number of benzene rings is 2. The Morgan fingerprint density at radius 3 is 2.51 bits per heavy atom. The van der Waals surface area contributed by atoms with Crippen LogP contribution in [0.4, 0.5) is 5.69 Å². The van der Waals surface area contributed by atoms with Crippen molar-refractivity contribution in [1.29, 1.82) is 0 Å². The van der Waals surface area contributed by atoms with Crippen LogP contribution in [0.2, 0.25) is 0 Å². The summed E-state index contributed by atoms with van der Waals surface area (Å²) in [6.45, 7) is 2.24. The van der Waals surface area contributed by atoms with Gasteiger partial charge in [0, 0.05) is 34.5 Å².